The second-order valence-electron chi connectivity index (χ2n) is 3.58. The zero-order chi connectivity index (χ0) is 11.8. The lowest BCUT2D eigenvalue weighted by Gasteiger charge is -2.17. The fourth-order valence-electron chi connectivity index (χ4n) is 1.04. The molecule has 1 amide bonds. The molecule has 0 rings (SSSR count). The van der Waals surface area contributed by atoms with Gasteiger partial charge in [0.25, 0.3) is 0 Å². The number of thioether (sulfide) groups is 1. The largest absolute Gasteiger partial charge is 0.481 e. The molecule has 88 valence electrons. The zero-order valence-electron chi connectivity index (χ0n) is 9.45. The maximum atomic E-state index is 11.3. The van der Waals surface area contributed by atoms with E-state index in [9.17, 15) is 9.59 Å². The third-order valence-corrected chi connectivity index (χ3v) is 2.98. The van der Waals surface area contributed by atoms with Crippen LogP contribution in [0.25, 0.3) is 0 Å². The topological polar surface area (TPSA) is 66.4 Å². The van der Waals surface area contributed by atoms with Crippen LogP contribution in [0.5, 0.6) is 0 Å². The Labute approximate surface area is 94.8 Å². The van der Waals surface area contributed by atoms with Crippen LogP contribution in [0.1, 0.15) is 26.7 Å². The van der Waals surface area contributed by atoms with Gasteiger partial charge in [0.05, 0.1) is 5.92 Å². The first-order valence-electron chi connectivity index (χ1n) is 5.00. The van der Waals surface area contributed by atoms with Crippen molar-refractivity contribution in [3.8, 4) is 0 Å². The molecule has 0 aliphatic heterocycles. The molecule has 0 bridgehead atoms. The zero-order valence-corrected chi connectivity index (χ0v) is 10.3. The second-order valence-corrected chi connectivity index (χ2v) is 4.57. The molecular formula is C10H19NO3S. The van der Waals surface area contributed by atoms with Gasteiger partial charge in [-0.15, -0.1) is 0 Å². The Morgan fingerprint density at radius 2 is 2.00 bits per heavy atom. The molecule has 0 fully saturated rings. The van der Waals surface area contributed by atoms with Crippen LogP contribution in [0.4, 0.5) is 0 Å². The van der Waals surface area contributed by atoms with E-state index in [0.29, 0.717) is 6.42 Å². The van der Waals surface area contributed by atoms with Crippen LogP contribution in [0.3, 0.4) is 0 Å². The van der Waals surface area contributed by atoms with Crippen molar-refractivity contribution in [1.82, 2.24) is 5.32 Å². The van der Waals surface area contributed by atoms with Crippen LogP contribution in [-0.4, -0.2) is 35.0 Å². The summed E-state index contributed by atoms with van der Waals surface area (Å²) in [6, 6.07) is -0.315. The Morgan fingerprint density at radius 3 is 2.47 bits per heavy atom. The molecular weight excluding hydrogens is 214 g/mol. The average molecular weight is 233 g/mol. The number of carbonyl (C=O) groups excluding carboxylic acids is 1. The molecule has 15 heavy (non-hydrogen) atoms. The number of rotatable bonds is 7. The molecule has 0 spiro atoms. The average Bonchev–Trinajstić information content (AvgIpc) is 2.16. The molecule has 0 aromatic heterocycles. The lowest BCUT2D eigenvalue weighted by molar-refractivity contribution is -0.142. The van der Waals surface area contributed by atoms with Crippen molar-refractivity contribution in [1.29, 1.82) is 0 Å². The molecule has 4 nitrogen and oxygen atoms in total. The van der Waals surface area contributed by atoms with Gasteiger partial charge in [-0.2, -0.15) is 11.8 Å². The SMILES string of the molecule is CSCCCC(=O)NC(C)C(C)C(=O)O. The van der Waals surface area contributed by atoms with Gasteiger partial charge in [-0.25, -0.2) is 0 Å². The van der Waals surface area contributed by atoms with Gasteiger partial charge in [-0.05, 0) is 32.3 Å². The van der Waals surface area contributed by atoms with E-state index in [2.05, 4.69) is 5.32 Å². The van der Waals surface area contributed by atoms with Crippen molar-refractivity contribution in [2.75, 3.05) is 12.0 Å². The standard InChI is InChI=1S/C10H19NO3S/c1-7(10(13)14)8(2)11-9(12)5-4-6-15-3/h7-8H,4-6H2,1-3H3,(H,11,12)(H,13,14). The minimum absolute atomic E-state index is 0.0651. The number of amides is 1. The molecule has 2 unspecified atom stereocenters. The van der Waals surface area contributed by atoms with Crippen LogP contribution in [0.2, 0.25) is 0 Å². The van der Waals surface area contributed by atoms with Crippen molar-refractivity contribution in [2.24, 2.45) is 5.92 Å². The predicted molar refractivity (Wildman–Crippen MR) is 62.0 cm³/mol. The minimum atomic E-state index is -0.882. The van der Waals surface area contributed by atoms with Crippen LogP contribution in [0.15, 0.2) is 0 Å². The molecule has 0 saturated carbocycles. The Morgan fingerprint density at radius 1 is 1.40 bits per heavy atom. The summed E-state index contributed by atoms with van der Waals surface area (Å²) in [5.41, 5.74) is 0. The van der Waals surface area contributed by atoms with Crippen molar-refractivity contribution < 1.29 is 14.7 Å². The van der Waals surface area contributed by atoms with Crippen molar-refractivity contribution in [2.45, 2.75) is 32.7 Å². The summed E-state index contributed by atoms with van der Waals surface area (Å²) in [7, 11) is 0. The predicted octanol–water partition coefficient (Wildman–Crippen LogP) is 1.35. The van der Waals surface area contributed by atoms with E-state index in [-0.39, 0.29) is 11.9 Å². The summed E-state index contributed by atoms with van der Waals surface area (Å²) in [6.45, 7) is 3.31. The van der Waals surface area contributed by atoms with Gasteiger partial charge in [0.2, 0.25) is 5.91 Å². The fraction of sp³-hybridized carbons (Fsp3) is 0.800. The van der Waals surface area contributed by atoms with Gasteiger partial charge in [-0.3, -0.25) is 9.59 Å². The van der Waals surface area contributed by atoms with Crippen molar-refractivity contribution >= 4 is 23.6 Å². The smallest absolute Gasteiger partial charge is 0.308 e. The van der Waals surface area contributed by atoms with Crippen molar-refractivity contribution in [3.63, 3.8) is 0 Å². The molecule has 0 aliphatic carbocycles. The maximum absolute atomic E-state index is 11.3. The van der Waals surface area contributed by atoms with Crippen molar-refractivity contribution in [3.05, 3.63) is 0 Å². The molecule has 0 saturated heterocycles. The quantitative estimate of drug-likeness (QED) is 0.651. The van der Waals surface area contributed by atoms with E-state index in [1.54, 1.807) is 25.6 Å². The van der Waals surface area contributed by atoms with E-state index >= 15 is 0 Å². The highest BCUT2D eigenvalue weighted by atomic mass is 32.2. The molecule has 0 aromatic rings. The monoisotopic (exact) mass is 233 g/mol. The van der Waals surface area contributed by atoms with Crippen LogP contribution in [-0.2, 0) is 9.59 Å². The first-order valence-corrected chi connectivity index (χ1v) is 6.39. The lowest BCUT2D eigenvalue weighted by atomic mass is 10.0. The maximum Gasteiger partial charge on any atom is 0.308 e. The summed E-state index contributed by atoms with van der Waals surface area (Å²) < 4.78 is 0. The molecule has 2 atom stereocenters. The Kier molecular flexibility index (Phi) is 7.21. The molecule has 0 aromatic carbocycles. The summed E-state index contributed by atoms with van der Waals surface area (Å²) in [6.07, 6.45) is 3.30. The number of carboxylic acid groups (broad SMARTS) is 1. The Balaban J connectivity index is 3.80. The van der Waals surface area contributed by atoms with Gasteiger partial charge in [0, 0.05) is 12.5 Å². The summed E-state index contributed by atoms with van der Waals surface area (Å²) >= 11 is 1.70. The first kappa shape index (κ1) is 14.3. The van der Waals surface area contributed by atoms with Crippen LogP contribution < -0.4 is 5.32 Å². The van der Waals surface area contributed by atoms with Gasteiger partial charge < -0.3 is 10.4 Å². The van der Waals surface area contributed by atoms with E-state index in [4.69, 9.17) is 5.11 Å². The highest BCUT2D eigenvalue weighted by molar-refractivity contribution is 7.98. The molecule has 0 radical (unpaired) electrons. The number of nitrogens with one attached hydrogen (secondary N) is 1. The molecule has 5 heteroatoms. The third kappa shape index (κ3) is 6.38. The van der Waals surface area contributed by atoms with E-state index in [0.717, 1.165) is 12.2 Å². The van der Waals surface area contributed by atoms with E-state index in [1.165, 1.54) is 0 Å². The van der Waals surface area contributed by atoms with Gasteiger partial charge in [0.1, 0.15) is 0 Å². The number of carbonyl (C=O) groups is 2. The number of hydrogen-bond donors (Lipinski definition) is 2. The number of aliphatic carboxylic acids is 1. The summed E-state index contributed by atoms with van der Waals surface area (Å²) in [5.74, 6) is -0.540. The van der Waals surface area contributed by atoms with Gasteiger partial charge in [0.15, 0.2) is 0 Å². The third-order valence-electron chi connectivity index (χ3n) is 2.28. The molecule has 2 N–H and O–H groups in total. The highest BCUT2D eigenvalue weighted by Crippen LogP contribution is 2.04. The number of hydrogen-bond acceptors (Lipinski definition) is 3. The highest BCUT2D eigenvalue weighted by Gasteiger charge is 2.20. The minimum Gasteiger partial charge on any atom is -0.481 e. The van der Waals surface area contributed by atoms with Crippen LogP contribution in [0, 0.1) is 5.92 Å². The van der Waals surface area contributed by atoms with Gasteiger partial charge >= 0.3 is 5.97 Å². The second kappa shape index (κ2) is 7.56. The van der Waals surface area contributed by atoms with E-state index in [1.807, 2.05) is 6.26 Å². The summed E-state index contributed by atoms with van der Waals surface area (Å²) in [5, 5.41) is 11.4. The molecule has 0 aliphatic rings. The fourth-order valence-corrected chi connectivity index (χ4v) is 1.48. The van der Waals surface area contributed by atoms with E-state index < -0.39 is 11.9 Å². The Hall–Kier alpha value is -0.710. The van der Waals surface area contributed by atoms with Crippen LogP contribution >= 0.6 is 11.8 Å². The number of carboxylic acids is 1. The Bertz CT molecular complexity index is 221. The summed E-state index contributed by atoms with van der Waals surface area (Å²) in [4.78, 5) is 22.0. The lowest BCUT2D eigenvalue weighted by Crippen LogP contribution is -2.39. The first-order chi connectivity index (χ1) is 6.99. The molecule has 0 heterocycles. The van der Waals surface area contributed by atoms with Gasteiger partial charge in [-0.1, -0.05) is 0 Å². The normalized spacial score (nSPS) is 14.3.